The van der Waals surface area contributed by atoms with Gasteiger partial charge in [-0.25, -0.2) is 14.0 Å². The number of likely N-dealkylation sites (tertiary alicyclic amines) is 1. The lowest BCUT2D eigenvalue weighted by Crippen LogP contribution is -2.42. The van der Waals surface area contributed by atoms with Gasteiger partial charge in [0.25, 0.3) is 0 Å². The van der Waals surface area contributed by atoms with Crippen LogP contribution in [-0.4, -0.2) is 30.1 Å². The van der Waals surface area contributed by atoms with E-state index in [0.717, 1.165) is 16.7 Å². The van der Waals surface area contributed by atoms with Crippen molar-refractivity contribution in [1.82, 2.24) is 4.90 Å². The molecule has 1 aromatic carbocycles. The summed E-state index contributed by atoms with van der Waals surface area (Å²) in [5.74, 6) is -0.709. The van der Waals surface area contributed by atoms with Gasteiger partial charge >= 0.3 is 12.0 Å². The number of nitrogens with two attached hydrogens (primary N) is 1. The average molecular weight is 320 g/mol. The fourth-order valence-electron chi connectivity index (χ4n) is 2.92. The zero-order valence-electron chi connectivity index (χ0n) is 13.3. The van der Waals surface area contributed by atoms with Crippen LogP contribution in [0, 0.1) is 12.7 Å². The molecule has 0 bridgehead atoms. The molecule has 0 aliphatic carbocycles. The van der Waals surface area contributed by atoms with Crippen LogP contribution in [0.4, 0.5) is 9.18 Å². The lowest BCUT2D eigenvalue weighted by molar-refractivity contribution is -0.137. The topological polar surface area (TPSA) is 72.6 Å². The van der Waals surface area contributed by atoms with Crippen molar-refractivity contribution in [1.29, 1.82) is 0 Å². The molecule has 5 nitrogen and oxygen atoms in total. The van der Waals surface area contributed by atoms with Gasteiger partial charge in [0.1, 0.15) is 5.82 Å². The molecule has 1 aromatic rings. The Morgan fingerprint density at radius 3 is 2.83 bits per heavy atom. The van der Waals surface area contributed by atoms with Crippen LogP contribution in [0.3, 0.4) is 0 Å². The number of hydrogen-bond donors (Lipinski definition) is 1. The largest absolute Gasteiger partial charge is 0.463 e. The van der Waals surface area contributed by atoms with Crippen molar-refractivity contribution in [2.75, 3.05) is 13.2 Å². The molecule has 1 aliphatic heterocycles. The van der Waals surface area contributed by atoms with Crippen LogP contribution in [0.25, 0.3) is 0 Å². The minimum Gasteiger partial charge on any atom is -0.463 e. The van der Waals surface area contributed by atoms with Crippen LogP contribution in [0.5, 0.6) is 0 Å². The van der Waals surface area contributed by atoms with Crippen molar-refractivity contribution >= 4 is 12.0 Å². The number of hydrogen-bond acceptors (Lipinski definition) is 3. The van der Waals surface area contributed by atoms with Crippen molar-refractivity contribution in [2.45, 2.75) is 32.7 Å². The summed E-state index contributed by atoms with van der Waals surface area (Å²) < 4.78 is 18.3. The molecule has 1 heterocycles. The molecule has 1 fully saturated rings. The Morgan fingerprint density at radius 2 is 2.22 bits per heavy atom. The third-order valence-corrected chi connectivity index (χ3v) is 3.99. The van der Waals surface area contributed by atoms with E-state index in [1.54, 1.807) is 24.8 Å². The van der Waals surface area contributed by atoms with Crippen LogP contribution in [0.2, 0.25) is 0 Å². The van der Waals surface area contributed by atoms with Gasteiger partial charge < -0.3 is 15.4 Å². The Kier molecular flexibility index (Phi) is 5.36. The normalized spacial score (nSPS) is 19.7. The number of benzene rings is 1. The maximum Gasteiger partial charge on any atom is 0.330 e. The predicted octanol–water partition coefficient (Wildman–Crippen LogP) is 2.84. The van der Waals surface area contributed by atoms with E-state index in [-0.39, 0.29) is 17.8 Å². The number of primary amides is 1. The van der Waals surface area contributed by atoms with Crippen molar-refractivity contribution in [3.63, 3.8) is 0 Å². The van der Waals surface area contributed by atoms with Gasteiger partial charge in [-0.15, -0.1) is 0 Å². The molecule has 0 radical (unpaired) electrons. The molecule has 124 valence electrons. The Labute approximate surface area is 134 Å². The number of ether oxygens (including phenoxy) is 1. The van der Waals surface area contributed by atoms with Gasteiger partial charge in [-0.05, 0) is 49.9 Å². The SMILES string of the molecule is CCOC(=O)C=C1CCN(C(N)=O)C(c2ccc(F)cc2C)C1. The second-order valence-corrected chi connectivity index (χ2v) is 5.56. The molecule has 0 spiro atoms. The third kappa shape index (κ3) is 4.09. The number of amides is 2. The fraction of sp³-hybridized carbons (Fsp3) is 0.412. The first-order valence-corrected chi connectivity index (χ1v) is 7.60. The van der Waals surface area contributed by atoms with Crippen LogP contribution in [-0.2, 0) is 9.53 Å². The van der Waals surface area contributed by atoms with E-state index in [4.69, 9.17) is 10.5 Å². The second kappa shape index (κ2) is 7.26. The number of carbonyl (C=O) groups excluding carboxylic acids is 2. The van der Waals surface area contributed by atoms with E-state index < -0.39 is 6.03 Å². The smallest absolute Gasteiger partial charge is 0.330 e. The van der Waals surface area contributed by atoms with Crippen molar-refractivity contribution < 1.29 is 18.7 Å². The van der Waals surface area contributed by atoms with E-state index in [2.05, 4.69) is 0 Å². The van der Waals surface area contributed by atoms with E-state index in [9.17, 15) is 14.0 Å². The first-order chi connectivity index (χ1) is 10.9. The molecule has 1 aliphatic rings. The van der Waals surface area contributed by atoms with Crippen molar-refractivity contribution in [3.05, 3.63) is 46.8 Å². The standard InChI is InChI=1S/C17H21FN2O3/c1-3-23-16(21)10-12-6-7-20(17(19)22)15(9-12)14-5-4-13(18)8-11(14)2/h4-5,8,10,15H,3,6-7,9H2,1-2H3,(H2,19,22). The molecule has 6 heteroatoms. The third-order valence-electron chi connectivity index (χ3n) is 3.99. The highest BCUT2D eigenvalue weighted by Crippen LogP contribution is 2.35. The number of urea groups is 1. The number of rotatable bonds is 3. The summed E-state index contributed by atoms with van der Waals surface area (Å²) in [7, 11) is 0. The van der Waals surface area contributed by atoms with Gasteiger partial charge in [-0.2, -0.15) is 0 Å². The second-order valence-electron chi connectivity index (χ2n) is 5.56. The number of esters is 1. The number of piperidine rings is 1. The zero-order valence-corrected chi connectivity index (χ0v) is 13.3. The van der Waals surface area contributed by atoms with Crippen LogP contribution in [0.1, 0.15) is 36.9 Å². The summed E-state index contributed by atoms with van der Waals surface area (Å²) in [6.45, 7) is 4.27. The average Bonchev–Trinajstić information content (AvgIpc) is 2.47. The van der Waals surface area contributed by atoms with E-state index in [0.29, 0.717) is 26.0 Å². The van der Waals surface area contributed by atoms with Crippen molar-refractivity contribution in [3.8, 4) is 0 Å². The Hall–Kier alpha value is -2.37. The highest BCUT2D eigenvalue weighted by atomic mass is 19.1. The van der Waals surface area contributed by atoms with Crippen molar-refractivity contribution in [2.24, 2.45) is 5.73 Å². The monoisotopic (exact) mass is 320 g/mol. The lowest BCUT2D eigenvalue weighted by atomic mass is 9.89. The molecule has 23 heavy (non-hydrogen) atoms. The first-order valence-electron chi connectivity index (χ1n) is 7.60. The highest BCUT2D eigenvalue weighted by molar-refractivity contribution is 5.83. The van der Waals surface area contributed by atoms with E-state index in [1.807, 2.05) is 0 Å². The number of nitrogens with zero attached hydrogens (tertiary/aromatic N) is 1. The van der Waals surface area contributed by atoms with Crippen LogP contribution in [0.15, 0.2) is 29.8 Å². The van der Waals surface area contributed by atoms with E-state index in [1.165, 1.54) is 18.2 Å². The number of carbonyl (C=O) groups is 2. The fourth-order valence-corrected chi connectivity index (χ4v) is 2.92. The molecule has 1 saturated heterocycles. The first kappa shape index (κ1) is 17.0. The summed E-state index contributed by atoms with van der Waals surface area (Å²) in [6, 6.07) is 3.64. The minimum absolute atomic E-state index is 0.303. The summed E-state index contributed by atoms with van der Waals surface area (Å²) in [5, 5.41) is 0. The van der Waals surface area contributed by atoms with Gasteiger partial charge in [0.05, 0.1) is 12.6 Å². The quantitative estimate of drug-likeness (QED) is 0.687. The number of aryl methyl sites for hydroxylation is 1. The zero-order chi connectivity index (χ0) is 17.0. The molecular weight excluding hydrogens is 299 g/mol. The maximum atomic E-state index is 13.3. The minimum atomic E-state index is -0.520. The van der Waals surface area contributed by atoms with Gasteiger partial charge in [-0.1, -0.05) is 11.6 Å². The molecule has 2 amide bonds. The van der Waals surface area contributed by atoms with Gasteiger partial charge in [0.15, 0.2) is 0 Å². The van der Waals surface area contributed by atoms with Gasteiger partial charge in [-0.3, -0.25) is 0 Å². The Bertz CT molecular complexity index is 643. The maximum absolute atomic E-state index is 13.3. The molecule has 0 aromatic heterocycles. The number of halogens is 1. The summed E-state index contributed by atoms with van der Waals surface area (Å²) in [6.07, 6.45) is 2.53. The summed E-state index contributed by atoms with van der Waals surface area (Å²) in [4.78, 5) is 24.9. The van der Waals surface area contributed by atoms with Crippen LogP contribution < -0.4 is 5.73 Å². The van der Waals surface area contributed by atoms with Gasteiger partial charge in [0.2, 0.25) is 0 Å². The molecule has 0 saturated carbocycles. The molecule has 1 unspecified atom stereocenters. The molecule has 2 N–H and O–H groups in total. The van der Waals surface area contributed by atoms with Crippen LogP contribution >= 0.6 is 0 Å². The predicted molar refractivity (Wildman–Crippen MR) is 84.1 cm³/mol. The lowest BCUT2D eigenvalue weighted by Gasteiger charge is -2.36. The summed E-state index contributed by atoms with van der Waals surface area (Å²) >= 11 is 0. The molecule has 1 atom stereocenters. The molecular formula is C17H21FN2O3. The van der Waals surface area contributed by atoms with Gasteiger partial charge in [0, 0.05) is 12.6 Å². The van der Waals surface area contributed by atoms with E-state index >= 15 is 0 Å². The Morgan fingerprint density at radius 1 is 1.48 bits per heavy atom. The Balaban J connectivity index is 2.30. The summed E-state index contributed by atoms with van der Waals surface area (Å²) in [5.41, 5.74) is 7.95. The highest BCUT2D eigenvalue weighted by Gasteiger charge is 2.30. The molecule has 2 rings (SSSR count).